The van der Waals surface area contributed by atoms with Gasteiger partial charge in [-0.2, -0.15) is 0 Å². The van der Waals surface area contributed by atoms with Crippen molar-refractivity contribution in [2.45, 2.75) is 193 Å². The summed E-state index contributed by atoms with van der Waals surface area (Å²) in [4.78, 5) is 0. The zero-order valence-corrected chi connectivity index (χ0v) is 33.9. The highest BCUT2D eigenvalue weighted by Gasteiger charge is 2.71. The summed E-state index contributed by atoms with van der Waals surface area (Å²) in [5, 5.41) is 84.6. The van der Waals surface area contributed by atoms with Gasteiger partial charge in [0.25, 0.3) is 0 Å². The highest BCUT2D eigenvalue weighted by molar-refractivity contribution is 5.20. The summed E-state index contributed by atoms with van der Waals surface area (Å²) in [6, 6.07) is 0. The van der Waals surface area contributed by atoms with E-state index in [0.717, 1.165) is 57.8 Å². The molecule has 19 atom stereocenters. The molecule has 0 spiro atoms. The van der Waals surface area contributed by atoms with Crippen LogP contribution in [-0.4, -0.2) is 127 Å². The second kappa shape index (κ2) is 15.5. The van der Waals surface area contributed by atoms with E-state index in [1.807, 2.05) is 0 Å². The van der Waals surface area contributed by atoms with Gasteiger partial charge in [-0.3, -0.25) is 0 Å². The van der Waals surface area contributed by atoms with Crippen LogP contribution >= 0.6 is 0 Å². The second-order valence-corrected chi connectivity index (χ2v) is 20.1. The van der Waals surface area contributed by atoms with Crippen LogP contribution in [0.3, 0.4) is 0 Å². The minimum atomic E-state index is -1.53. The van der Waals surface area contributed by atoms with E-state index in [1.54, 1.807) is 0 Å². The predicted molar refractivity (Wildman–Crippen MR) is 200 cm³/mol. The molecule has 0 aromatic carbocycles. The van der Waals surface area contributed by atoms with Crippen molar-refractivity contribution >= 4 is 0 Å². The predicted octanol–water partition coefficient (Wildman–Crippen LogP) is 3.18. The van der Waals surface area contributed by atoms with E-state index in [-0.39, 0.29) is 45.5 Å². The molecule has 2 heterocycles. The molecular weight excluding hydrogens is 696 g/mol. The van der Waals surface area contributed by atoms with Crippen LogP contribution in [-0.2, 0) is 18.9 Å². The van der Waals surface area contributed by atoms with Gasteiger partial charge in [0.05, 0.1) is 24.9 Å². The van der Waals surface area contributed by atoms with Crippen molar-refractivity contribution in [1.82, 2.24) is 0 Å². The molecule has 312 valence electrons. The molecule has 8 N–H and O–H groups in total. The molecule has 6 fully saturated rings. The average molecular weight is 769 g/mol. The van der Waals surface area contributed by atoms with Crippen LogP contribution < -0.4 is 0 Å². The van der Waals surface area contributed by atoms with Crippen molar-refractivity contribution < 1.29 is 59.8 Å². The van der Waals surface area contributed by atoms with Crippen LogP contribution in [0.1, 0.15) is 120 Å². The Morgan fingerprint density at radius 2 is 1.33 bits per heavy atom. The van der Waals surface area contributed by atoms with Gasteiger partial charge in [0.15, 0.2) is 12.6 Å². The van der Waals surface area contributed by atoms with Crippen molar-refractivity contribution in [1.29, 1.82) is 0 Å². The standard InChI is InChI=1S/C42H72O12/c1-22(2)11-9-17-42(8,54-37-34(50)32(48)30(46)27(21-44)53-37)24-14-18-40(6)23(24)12-13-28-39(5)16-10-15-38(3,4)35(39)25(19-41(28,40)7)51-36-33(49)31(47)29(45)26(20-43)52-36/h11,23-37,43-50H,9-10,12-21H2,1-8H3/t23?,24?,25?,26-,27-,28?,29-,30-,31+,32+,33-,34-,35?,36-,37-,39-,40-,41-,42+/m1/s1. The largest absolute Gasteiger partial charge is 0.394 e. The Morgan fingerprint density at radius 1 is 0.741 bits per heavy atom. The minimum absolute atomic E-state index is 0.0637. The Kier molecular flexibility index (Phi) is 12.3. The topological polar surface area (TPSA) is 199 Å². The van der Waals surface area contributed by atoms with E-state index in [4.69, 9.17) is 18.9 Å². The number of ether oxygens (including phenoxy) is 4. The number of allylic oxidation sites excluding steroid dienone is 2. The van der Waals surface area contributed by atoms with E-state index in [0.29, 0.717) is 12.3 Å². The third-order valence-electron chi connectivity index (χ3n) is 16.4. The maximum absolute atomic E-state index is 11.2. The van der Waals surface area contributed by atoms with E-state index in [1.165, 1.54) is 5.57 Å². The first-order valence-electron chi connectivity index (χ1n) is 20.8. The van der Waals surface area contributed by atoms with Gasteiger partial charge in [-0.15, -0.1) is 0 Å². The molecule has 2 aliphatic heterocycles. The summed E-state index contributed by atoms with van der Waals surface area (Å²) < 4.78 is 25.7. The van der Waals surface area contributed by atoms with Crippen molar-refractivity contribution in [3.8, 4) is 0 Å². The van der Waals surface area contributed by atoms with Crippen molar-refractivity contribution in [2.24, 2.45) is 45.3 Å². The molecule has 6 aliphatic rings. The number of hydrogen-bond acceptors (Lipinski definition) is 12. The number of aliphatic hydroxyl groups is 8. The molecule has 12 heteroatoms. The molecule has 6 rings (SSSR count). The van der Waals surface area contributed by atoms with Gasteiger partial charge < -0.3 is 59.8 Å². The van der Waals surface area contributed by atoms with Crippen LogP contribution in [0.15, 0.2) is 11.6 Å². The lowest BCUT2D eigenvalue weighted by molar-refractivity contribution is -0.343. The molecule has 0 amide bonds. The Labute approximate surface area is 322 Å². The fourth-order valence-corrected chi connectivity index (χ4v) is 13.6. The number of hydrogen-bond donors (Lipinski definition) is 8. The summed E-state index contributed by atoms with van der Waals surface area (Å²) in [5.74, 6) is 0.860. The van der Waals surface area contributed by atoms with Crippen LogP contribution in [0.4, 0.5) is 0 Å². The third-order valence-corrected chi connectivity index (χ3v) is 16.4. The van der Waals surface area contributed by atoms with Crippen LogP contribution in [0, 0.1) is 45.3 Å². The van der Waals surface area contributed by atoms with Crippen LogP contribution in [0.2, 0.25) is 0 Å². The van der Waals surface area contributed by atoms with Crippen molar-refractivity contribution in [2.75, 3.05) is 13.2 Å². The van der Waals surface area contributed by atoms with Gasteiger partial charge >= 0.3 is 0 Å². The highest BCUT2D eigenvalue weighted by atomic mass is 16.7. The quantitative estimate of drug-likeness (QED) is 0.120. The molecule has 4 aliphatic carbocycles. The SMILES string of the molecule is CC(C)=CCC[C@](C)(O[C@H]1O[C@H](CO)[C@@H](O)[C@H](O)[C@H]1O)C1CC[C@]2(C)C1CCC1[C@@]3(C)CCCC(C)(C)C3C(O[C@@H]3O[C@H](CO)[C@@H](O)[C@H](O)[C@H]3O)C[C@]12C. The number of fused-ring (bicyclic) bond motifs is 5. The first-order chi connectivity index (χ1) is 25.2. The molecule has 0 radical (unpaired) electrons. The van der Waals surface area contributed by atoms with Crippen molar-refractivity contribution in [3.05, 3.63) is 11.6 Å². The Morgan fingerprint density at radius 3 is 1.93 bits per heavy atom. The second-order valence-electron chi connectivity index (χ2n) is 20.1. The van der Waals surface area contributed by atoms with Gasteiger partial charge in [0.1, 0.15) is 48.8 Å². The molecule has 2 saturated heterocycles. The summed E-state index contributed by atoms with van der Waals surface area (Å²) in [6.07, 6.45) is -2.39. The minimum Gasteiger partial charge on any atom is -0.394 e. The van der Waals surface area contributed by atoms with E-state index < -0.39 is 80.2 Å². The lowest BCUT2D eigenvalue weighted by atomic mass is 9.35. The molecular formula is C42H72O12. The van der Waals surface area contributed by atoms with E-state index >= 15 is 0 Å². The fourth-order valence-electron chi connectivity index (χ4n) is 13.6. The van der Waals surface area contributed by atoms with Gasteiger partial charge in [-0.05, 0) is 124 Å². The smallest absolute Gasteiger partial charge is 0.187 e. The molecule has 0 bridgehead atoms. The highest BCUT2D eigenvalue weighted by Crippen LogP contribution is 2.76. The molecule has 54 heavy (non-hydrogen) atoms. The first-order valence-corrected chi connectivity index (χ1v) is 20.8. The van der Waals surface area contributed by atoms with Crippen LogP contribution in [0.25, 0.3) is 0 Å². The number of aliphatic hydroxyl groups excluding tert-OH is 8. The summed E-state index contributed by atoms with van der Waals surface area (Å²) in [6.45, 7) is 17.2. The fraction of sp³-hybridized carbons (Fsp3) is 0.952. The average Bonchev–Trinajstić information content (AvgIpc) is 3.47. The maximum atomic E-state index is 11.2. The van der Waals surface area contributed by atoms with Crippen LogP contribution in [0.5, 0.6) is 0 Å². The van der Waals surface area contributed by atoms with Gasteiger partial charge in [0, 0.05) is 0 Å². The molecule has 12 nitrogen and oxygen atoms in total. The zero-order chi connectivity index (χ0) is 39.8. The Balaban J connectivity index is 1.35. The van der Waals surface area contributed by atoms with E-state index in [9.17, 15) is 40.9 Å². The normalized spacial score (nSPS) is 51.4. The molecule has 5 unspecified atom stereocenters. The summed E-state index contributed by atoms with van der Waals surface area (Å²) >= 11 is 0. The molecule has 0 aromatic heterocycles. The zero-order valence-electron chi connectivity index (χ0n) is 33.9. The lowest BCUT2D eigenvalue weighted by Gasteiger charge is -2.71. The monoisotopic (exact) mass is 769 g/mol. The van der Waals surface area contributed by atoms with Crippen molar-refractivity contribution in [3.63, 3.8) is 0 Å². The summed E-state index contributed by atoms with van der Waals surface area (Å²) in [5.41, 5.74) is -0.0769. The lowest BCUT2D eigenvalue weighted by Crippen LogP contribution is -2.68. The van der Waals surface area contributed by atoms with E-state index in [2.05, 4.69) is 61.5 Å². The maximum Gasteiger partial charge on any atom is 0.187 e. The Bertz CT molecular complexity index is 1340. The summed E-state index contributed by atoms with van der Waals surface area (Å²) in [7, 11) is 0. The van der Waals surface area contributed by atoms with Gasteiger partial charge in [0.2, 0.25) is 0 Å². The Hall–Kier alpha value is -0.740. The third kappa shape index (κ3) is 6.97. The first kappa shape index (κ1) is 42.9. The molecule has 4 saturated carbocycles. The van der Waals surface area contributed by atoms with Gasteiger partial charge in [-0.25, -0.2) is 0 Å². The van der Waals surface area contributed by atoms with Gasteiger partial charge in [-0.1, -0.05) is 52.7 Å². The number of rotatable bonds is 10. The molecule has 0 aromatic rings.